The molecule has 1 saturated heterocycles. The number of hydrogen-bond acceptors (Lipinski definition) is 3. The minimum Gasteiger partial charge on any atom is -0.326 e. The Morgan fingerprint density at radius 1 is 1.13 bits per heavy atom. The molecular weight excluding hydrogens is 339 g/mol. The maximum absolute atomic E-state index is 13.5. The van der Waals surface area contributed by atoms with Crippen molar-refractivity contribution >= 4 is 21.6 Å². The van der Waals surface area contributed by atoms with Gasteiger partial charge in [0.1, 0.15) is 5.82 Å². The lowest BCUT2D eigenvalue weighted by Gasteiger charge is -2.17. The van der Waals surface area contributed by atoms with E-state index in [9.17, 15) is 12.8 Å². The third-order valence-electron chi connectivity index (χ3n) is 4.03. The van der Waals surface area contributed by atoms with Crippen molar-refractivity contribution in [1.29, 1.82) is 0 Å². The number of sulfonamides is 1. The summed E-state index contributed by atoms with van der Waals surface area (Å²) in [5.74, 6) is -0.769. The summed E-state index contributed by atoms with van der Waals surface area (Å²) in [5, 5.41) is 0.0479. The maximum atomic E-state index is 13.5. The molecule has 1 aliphatic heterocycles. The van der Waals surface area contributed by atoms with E-state index in [1.807, 2.05) is 30.3 Å². The van der Waals surface area contributed by atoms with Gasteiger partial charge in [0.25, 0.3) is 0 Å². The highest BCUT2D eigenvalue weighted by Crippen LogP contribution is 2.31. The maximum Gasteiger partial charge on any atom is 0.243 e. The van der Waals surface area contributed by atoms with E-state index < -0.39 is 15.8 Å². The largest absolute Gasteiger partial charge is 0.326 e. The molecule has 2 aromatic rings. The molecule has 2 atom stereocenters. The SMILES string of the molecule is N[C@@H]1CN(S(=O)(=O)c2cc(F)cc(Cl)c2)C[C@H]1c1ccccc1. The van der Waals surface area contributed by atoms with E-state index in [4.69, 9.17) is 17.3 Å². The van der Waals surface area contributed by atoms with E-state index in [0.29, 0.717) is 0 Å². The second kappa shape index (κ2) is 6.20. The fourth-order valence-electron chi connectivity index (χ4n) is 2.87. The monoisotopic (exact) mass is 354 g/mol. The van der Waals surface area contributed by atoms with Gasteiger partial charge in [0.2, 0.25) is 10.0 Å². The molecule has 4 nitrogen and oxygen atoms in total. The predicted molar refractivity (Wildman–Crippen MR) is 87.3 cm³/mol. The molecule has 0 radical (unpaired) electrons. The molecule has 0 spiro atoms. The van der Waals surface area contributed by atoms with Gasteiger partial charge >= 0.3 is 0 Å². The summed E-state index contributed by atoms with van der Waals surface area (Å²) < 4.78 is 40.2. The van der Waals surface area contributed by atoms with Gasteiger partial charge in [-0.25, -0.2) is 12.8 Å². The van der Waals surface area contributed by atoms with Crippen LogP contribution < -0.4 is 5.73 Å². The number of nitrogens with zero attached hydrogens (tertiary/aromatic N) is 1. The average Bonchev–Trinajstić information content (AvgIpc) is 2.90. The highest BCUT2D eigenvalue weighted by Gasteiger charge is 2.38. The van der Waals surface area contributed by atoms with Crippen LogP contribution in [0.2, 0.25) is 5.02 Å². The van der Waals surface area contributed by atoms with Crippen LogP contribution in [0.25, 0.3) is 0 Å². The van der Waals surface area contributed by atoms with Crippen molar-refractivity contribution in [1.82, 2.24) is 4.31 Å². The molecule has 2 N–H and O–H groups in total. The fourth-order valence-corrected chi connectivity index (χ4v) is 4.71. The van der Waals surface area contributed by atoms with Gasteiger partial charge in [0, 0.05) is 30.1 Å². The van der Waals surface area contributed by atoms with Crippen molar-refractivity contribution in [2.45, 2.75) is 16.9 Å². The number of rotatable bonds is 3. The van der Waals surface area contributed by atoms with Crippen LogP contribution in [0.1, 0.15) is 11.5 Å². The number of benzene rings is 2. The van der Waals surface area contributed by atoms with E-state index >= 15 is 0 Å². The lowest BCUT2D eigenvalue weighted by atomic mass is 9.95. The average molecular weight is 355 g/mol. The molecule has 7 heteroatoms. The molecule has 1 heterocycles. The zero-order valence-electron chi connectivity index (χ0n) is 12.2. The first-order chi connectivity index (χ1) is 10.9. The van der Waals surface area contributed by atoms with Crippen molar-refractivity contribution in [2.75, 3.05) is 13.1 Å². The topological polar surface area (TPSA) is 63.4 Å². The zero-order valence-corrected chi connectivity index (χ0v) is 13.8. The van der Waals surface area contributed by atoms with Crippen LogP contribution in [0.5, 0.6) is 0 Å². The Morgan fingerprint density at radius 2 is 1.83 bits per heavy atom. The van der Waals surface area contributed by atoms with Crippen molar-refractivity contribution in [3.8, 4) is 0 Å². The second-order valence-electron chi connectivity index (χ2n) is 5.61. The summed E-state index contributed by atoms with van der Waals surface area (Å²) in [6.45, 7) is 0.456. The van der Waals surface area contributed by atoms with Gasteiger partial charge < -0.3 is 5.73 Å². The van der Waals surface area contributed by atoms with E-state index in [2.05, 4.69) is 0 Å². The minimum atomic E-state index is -3.83. The summed E-state index contributed by atoms with van der Waals surface area (Å²) in [6, 6.07) is 12.5. The molecule has 1 fully saturated rings. The summed E-state index contributed by atoms with van der Waals surface area (Å²) in [6.07, 6.45) is 0. The van der Waals surface area contributed by atoms with Crippen LogP contribution in [0.15, 0.2) is 53.4 Å². The molecular formula is C16H16ClFN2O2S. The smallest absolute Gasteiger partial charge is 0.243 e. The third-order valence-corrected chi connectivity index (χ3v) is 6.06. The predicted octanol–water partition coefficient (Wildman–Crippen LogP) is 2.59. The Hall–Kier alpha value is -1.47. The summed E-state index contributed by atoms with van der Waals surface area (Å²) in [5.41, 5.74) is 7.13. The fraction of sp³-hybridized carbons (Fsp3) is 0.250. The summed E-state index contributed by atoms with van der Waals surface area (Å²) in [7, 11) is -3.83. The van der Waals surface area contributed by atoms with Crippen LogP contribution >= 0.6 is 11.6 Å². The van der Waals surface area contributed by atoms with Gasteiger partial charge in [-0.15, -0.1) is 0 Å². The second-order valence-corrected chi connectivity index (χ2v) is 7.98. The molecule has 3 rings (SSSR count). The van der Waals surface area contributed by atoms with Crippen molar-refractivity contribution in [3.63, 3.8) is 0 Å². The van der Waals surface area contributed by atoms with Gasteiger partial charge in [-0.05, 0) is 23.8 Å². The van der Waals surface area contributed by atoms with Gasteiger partial charge in [-0.2, -0.15) is 4.31 Å². The summed E-state index contributed by atoms with van der Waals surface area (Å²) >= 11 is 5.77. The molecule has 0 aromatic heterocycles. The molecule has 0 aliphatic carbocycles. The molecule has 0 amide bonds. The normalized spacial score (nSPS) is 22.4. The van der Waals surface area contributed by atoms with Crippen LogP contribution in [0, 0.1) is 5.82 Å². The lowest BCUT2D eigenvalue weighted by Crippen LogP contribution is -2.32. The Morgan fingerprint density at radius 3 is 2.48 bits per heavy atom. The first-order valence-electron chi connectivity index (χ1n) is 7.15. The Bertz CT molecular complexity index is 794. The standard InChI is InChI=1S/C16H16ClFN2O2S/c17-12-6-13(18)8-14(7-12)23(21,22)20-9-15(16(19)10-20)11-4-2-1-3-5-11/h1-8,15-16H,9-10,19H2/t15-,16+/m0/s1. The molecule has 0 unspecified atom stereocenters. The van der Waals surface area contributed by atoms with E-state index in [1.165, 1.54) is 10.4 Å². The van der Waals surface area contributed by atoms with Crippen LogP contribution in [-0.2, 0) is 10.0 Å². The van der Waals surface area contributed by atoms with E-state index in [-0.39, 0.29) is 35.0 Å². The molecule has 122 valence electrons. The Labute approximate surface area is 139 Å². The van der Waals surface area contributed by atoms with E-state index in [0.717, 1.165) is 17.7 Å². The number of nitrogens with two attached hydrogens (primary N) is 1. The zero-order chi connectivity index (χ0) is 16.6. The van der Waals surface area contributed by atoms with Gasteiger partial charge in [0.15, 0.2) is 0 Å². The van der Waals surface area contributed by atoms with Gasteiger partial charge in [-0.3, -0.25) is 0 Å². The first kappa shape index (κ1) is 16.4. The highest BCUT2D eigenvalue weighted by atomic mass is 35.5. The lowest BCUT2D eigenvalue weighted by molar-refractivity contribution is 0.469. The van der Waals surface area contributed by atoms with Gasteiger partial charge in [0.05, 0.1) is 4.90 Å². The highest BCUT2D eigenvalue weighted by molar-refractivity contribution is 7.89. The van der Waals surface area contributed by atoms with Crippen molar-refractivity contribution < 1.29 is 12.8 Å². The Balaban J connectivity index is 1.90. The van der Waals surface area contributed by atoms with E-state index in [1.54, 1.807) is 0 Å². The summed E-state index contributed by atoms with van der Waals surface area (Å²) in [4.78, 5) is -0.150. The molecule has 0 bridgehead atoms. The Kier molecular flexibility index (Phi) is 4.42. The van der Waals surface area contributed by atoms with Crippen LogP contribution in [-0.4, -0.2) is 31.9 Å². The van der Waals surface area contributed by atoms with Crippen molar-refractivity contribution in [2.24, 2.45) is 5.73 Å². The number of hydrogen-bond donors (Lipinski definition) is 1. The van der Waals surface area contributed by atoms with Gasteiger partial charge in [-0.1, -0.05) is 41.9 Å². The third kappa shape index (κ3) is 3.26. The number of halogens is 2. The van der Waals surface area contributed by atoms with Crippen LogP contribution in [0.4, 0.5) is 4.39 Å². The first-order valence-corrected chi connectivity index (χ1v) is 8.96. The molecule has 1 aliphatic rings. The quantitative estimate of drug-likeness (QED) is 0.921. The van der Waals surface area contributed by atoms with Crippen LogP contribution in [0.3, 0.4) is 0 Å². The minimum absolute atomic E-state index is 0.0479. The van der Waals surface area contributed by atoms with Crippen molar-refractivity contribution in [3.05, 3.63) is 64.9 Å². The molecule has 2 aromatic carbocycles. The molecule has 0 saturated carbocycles. The molecule has 23 heavy (non-hydrogen) atoms.